The van der Waals surface area contributed by atoms with Crippen LogP contribution < -0.4 is 14.8 Å². The lowest BCUT2D eigenvalue weighted by Gasteiger charge is -2.40. The Morgan fingerprint density at radius 1 is 0.855 bits per heavy atom. The van der Waals surface area contributed by atoms with E-state index in [1.54, 1.807) is 10.9 Å². The van der Waals surface area contributed by atoms with E-state index in [0.29, 0.717) is 12.4 Å². The Hall–Kier alpha value is -4.71. The Kier molecular flexibility index (Phi) is 9.76. The van der Waals surface area contributed by atoms with E-state index >= 15 is 4.21 Å². The van der Waals surface area contributed by atoms with E-state index in [9.17, 15) is 4.79 Å². The van der Waals surface area contributed by atoms with Crippen LogP contribution in [-0.2, 0) is 52.1 Å². The molecule has 0 radical (unpaired) electrons. The van der Waals surface area contributed by atoms with Gasteiger partial charge in [-0.05, 0) is 95.6 Å². The second-order valence-corrected chi connectivity index (χ2v) is 23.2. The predicted molar refractivity (Wildman–Crippen MR) is 220 cm³/mol. The number of aromatic nitrogens is 2. The van der Waals surface area contributed by atoms with E-state index in [1.165, 1.54) is 22.3 Å². The maximum absolute atomic E-state index is 16.3. The molecule has 1 aromatic heterocycles. The van der Waals surface area contributed by atoms with Gasteiger partial charge >= 0.3 is 6.03 Å². The molecular formula is C44H51N5O4SSi. The molecule has 55 heavy (non-hydrogen) atoms. The Morgan fingerprint density at radius 3 is 1.89 bits per heavy atom. The van der Waals surface area contributed by atoms with Crippen molar-refractivity contribution in [3.8, 4) is 5.88 Å². The molecule has 2 N–H and O–H groups in total. The van der Waals surface area contributed by atoms with Crippen molar-refractivity contribution in [2.24, 2.45) is 4.36 Å². The van der Waals surface area contributed by atoms with E-state index in [2.05, 4.69) is 50.0 Å². The minimum atomic E-state index is -3.87. The summed E-state index contributed by atoms with van der Waals surface area (Å²) in [6, 6.07) is 31.3. The van der Waals surface area contributed by atoms with Crippen molar-refractivity contribution in [1.82, 2.24) is 14.5 Å². The Morgan fingerprint density at radius 2 is 1.38 bits per heavy atom. The molecule has 8 rings (SSSR count). The van der Waals surface area contributed by atoms with Crippen molar-refractivity contribution in [3.05, 3.63) is 142 Å². The lowest BCUT2D eigenvalue weighted by Crippen LogP contribution is -2.47. The van der Waals surface area contributed by atoms with E-state index < -0.39 is 29.8 Å². The van der Waals surface area contributed by atoms with Gasteiger partial charge in [0.15, 0.2) is 18.2 Å². The van der Waals surface area contributed by atoms with Gasteiger partial charge in [0.2, 0.25) is 5.88 Å². The molecular weight excluding hydrogens is 723 g/mol. The third-order valence-corrected chi connectivity index (χ3v) is 18.3. The first-order valence-electron chi connectivity index (χ1n) is 19.4. The average Bonchev–Trinajstić information content (AvgIpc) is 3.95. The van der Waals surface area contributed by atoms with E-state index in [4.69, 9.17) is 18.6 Å². The van der Waals surface area contributed by atoms with Crippen LogP contribution in [0.25, 0.3) is 0 Å². The number of nitrogens with zero attached hydrogens (tertiary/aromatic N) is 3. The molecule has 2 aliphatic carbocycles. The highest BCUT2D eigenvalue weighted by atomic mass is 32.2. The monoisotopic (exact) mass is 773 g/mol. The zero-order valence-corrected chi connectivity index (χ0v) is 34.2. The van der Waals surface area contributed by atoms with Gasteiger partial charge in [0.1, 0.15) is 17.0 Å². The predicted octanol–water partition coefficient (Wildman–Crippen LogP) is 9.20. The van der Waals surface area contributed by atoms with Crippen LogP contribution in [0.1, 0.15) is 72.6 Å². The number of fused-ring (bicyclic) bond motifs is 3. The van der Waals surface area contributed by atoms with Crippen molar-refractivity contribution >= 4 is 30.0 Å². The number of ether oxygens (including phenoxy) is 1. The van der Waals surface area contributed by atoms with E-state index in [1.807, 2.05) is 91.0 Å². The second kappa shape index (κ2) is 14.4. The number of rotatable bonds is 9. The Balaban J connectivity index is 1.29. The summed E-state index contributed by atoms with van der Waals surface area (Å²) in [5, 5.41) is 7.95. The fraction of sp³-hybridized carbons (Fsp3) is 0.364. The molecule has 0 unspecified atom stereocenters. The van der Waals surface area contributed by atoms with Crippen LogP contribution in [0.5, 0.6) is 5.88 Å². The minimum Gasteiger partial charge on any atom is -0.474 e. The van der Waals surface area contributed by atoms with Crippen LogP contribution in [0.2, 0.25) is 18.1 Å². The summed E-state index contributed by atoms with van der Waals surface area (Å²) in [5.41, 5.74) is 6.91. The zero-order chi connectivity index (χ0) is 38.4. The van der Waals surface area contributed by atoms with Crippen molar-refractivity contribution in [2.75, 3.05) is 11.9 Å². The molecule has 2 heterocycles. The number of urea groups is 1. The number of carbonyl (C=O) groups excluding carboxylic acids is 1. The zero-order valence-electron chi connectivity index (χ0n) is 32.4. The van der Waals surface area contributed by atoms with Crippen molar-refractivity contribution < 1.29 is 18.2 Å². The third-order valence-electron chi connectivity index (χ3n) is 11.9. The summed E-state index contributed by atoms with van der Waals surface area (Å²) in [5.74, 6) is 0.314. The number of amides is 2. The fourth-order valence-corrected chi connectivity index (χ4v) is 11.3. The number of hydrogen-bond acceptors (Lipinski definition) is 6. The molecule has 3 aliphatic rings. The molecule has 9 nitrogen and oxygen atoms in total. The lowest BCUT2D eigenvalue weighted by molar-refractivity contribution is 0.0615. The highest BCUT2D eigenvalue weighted by Crippen LogP contribution is 2.44. The second-order valence-electron chi connectivity index (χ2n) is 16.5. The number of aryl methyl sites for hydroxylation is 2. The van der Waals surface area contributed by atoms with Crippen LogP contribution >= 0.6 is 0 Å². The van der Waals surface area contributed by atoms with Gasteiger partial charge in [0, 0.05) is 5.69 Å². The number of carbonyl (C=O) groups is 1. The summed E-state index contributed by atoms with van der Waals surface area (Å²) >= 11 is 0. The highest BCUT2D eigenvalue weighted by molar-refractivity contribution is 7.92. The molecule has 0 spiro atoms. The van der Waals surface area contributed by atoms with Gasteiger partial charge in [-0.15, -0.1) is 0 Å². The van der Waals surface area contributed by atoms with Crippen molar-refractivity contribution in [3.63, 3.8) is 0 Å². The fourth-order valence-electron chi connectivity index (χ4n) is 8.15. The van der Waals surface area contributed by atoms with Gasteiger partial charge in [-0.2, -0.15) is 9.46 Å². The number of benzene rings is 4. The Labute approximate surface area is 326 Å². The van der Waals surface area contributed by atoms with Crippen molar-refractivity contribution in [2.45, 2.75) is 101 Å². The standard InChI is InChI=1S/C44H51N5O4SSi/c1-43(2,3)55(4,5)53-36-29-49-41(52-30-36)39(28-45-49)54(51,47-42(50)46-40-37-25-15-17-31(37)27-32-18-16-26-38(32)40)48-44(33-19-9-6-10-20-33,34-21-11-7-12-22-34)35-23-13-8-14-24-35/h6-14,19-24,27-28,36H,15-18,25-26,29-30H2,1-5H3,(H2,46,47,48,50,51)/t36-,54+/m0/s1. The van der Waals surface area contributed by atoms with Crippen LogP contribution in [0.4, 0.5) is 10.5 Å². The summed E-state index contributed by atoms with van der Waals surface area (Å²) in [6.07, 6.45) is 7.21. The van der Waals surface area contributed by atoms with Crippen LogP contribution in [-0.4, -0.2) is 41.0 Å². The van der Waals surface area contributed by atoms with Crippen LogP contribution in [0, 0.1) is 0 Å². The Bertz CT molecular complexity index is 2200. The maximum Gasteiger partial charge on any atom is 0.331 e. The van der Waals surface area contributed by atoms with Crippen LogP contribution in [0.15, 0.2) is 113 Å². The van der Waals surface area contributed by atoms with Gasteiger partial charge in [0.25, 0.3) is 0 Å². The molecule has 0 saturated heterocycles. The van der Waals surface area contributed by atoms with E-state index in [-0.39, 0.29) is 22.6 Å². The largest absolute Gasteiger partial charge is 0.474 e. The van der Waals surface area contributed by atoms with E-state index in [0.717, 1.165) is 60.9 Å². The topological polar surface area (TPSA) is 107 Å². The maximum atomic E-state index is 16.3. The molecule has 5 aromatic rings. The molecule has 0 fully saturated rings. The summed E-state index contributed by atoms with van der Waals surface area (Å²) in [6.45, 7) is 11.8. The third kappa shape index (κ3) is 6.91. The molecule has 2 amide bonds. The first-order chi connectivity index (χ1) is 26.4. The van der Waals surface area contributed by atoms with Gasteiger partial charge in [-0.1, -0.05) is 118 Å². The smallest absolute Gasteiger partial charge is 0.331 e. The quantitative estimate of drug-likeness (QED) is 0.115. The molecule has 286 valence electrons. The average molecular weight is 774 g/mol. The summed E-state index contributed by atoms with van der Waals surface area (Å²) < 4.78 is 39.6. The summed E-state index contributed by atoms with van der Waals surface area (Å²) in [4.78, 5) is 14.8. The first kappa shape index (κ1) is 37.2. The summed E-state index contributed by atoms with van der Waals surface area (Å²) in [7, 11) is -5.99. The first-order valence-corrected chi connectivity index (χ1v) is 23.9. The number of hydrogen-bond donors (Lipinski definition) is 2. The van der Waals surface area contributed by atoms with Crippen LogP contribution in [0.3, 0.4) is 0 Å². The highest BCUT2D eigenvalue weighted by Gasteiger charge is 2.43. The molecule has 1 aliphatic heterocycles. The molecule has 11 heteroatoms. The molecule has 4 aromatic carbocycles. The normalized spacial score (nSPS) is 17.7. The van der Waals surface area contributed by atoms with Gasteiger partial charge in [-0.25, -0.2) is 18.4 Å². The number of anilines is 1. The van der Waals surface area contributed by atoms with Crippen molar-refractivity contribution in [1.29, 1.82) is 0 Å². The van der Waals surface area contributed by atoms with Gasteiger partial charge < -0.3 is 14.5 Å². The number of nitrogens with one attached hydrogen (secondary N) is 2. The van der Waals surface area contributed by atoms with Gasteiger partial charge in [0.05, 0.1) is 18.8 Å². The molecule has 2 atom stereocenters. The molecule has 0 bridgehead atoms. The SMILES string of the molecule is CC(C)(C)[Si](C)(C)O[C@@H]1COc2c([S@](=O)(=NC(c3ccccc3)(c3ccccc3)c3ccccc3)NC(=O)Nc3c4c(cc5c3CCC5)CCC4)cnn2C1. The lowest BCUT2D eigenvalue weighted by atomic mass is 9.78. The van der Waals surface area contributed by atoms with Gasteiger partial charge in [-0.3, -0.25) is 0 Å². The minimum absolute atomic E-state index is 0.0155. The molecule has 0 saturated carbocycles.